The van der Waals surface area contributed by atoms with Crippen LogP contribution in [0.4, 0.5) is 5.69 Å². The van der Waals surface area contributed by atoms with Crippen LogP contribution in [0.2, 0.25) is 0 Å². The molecule has 0 aromatic heterocycles. The largest absolute Gasteiger partial charge is 0.325 e. The first kappa shape index (κ1) is 22.2. The van der Waals surface area contributed by atoms with E-state index in [1.807, 2.05) is 0 Å². The van der Waals surface area contributed by atoms with Gasteiger partial charge < -0.3 is 0 Å². The van der Waals surface area contributed by atoms with Gasteiger partial charge in [0, 0.05) is 28.8 Å². The van der Waals surface area contributed by atoms with E-state index in [1.54, 1.807) is 34.6 Å². The minimum absolute atomic E-state index is 0.0677. The molecule has 0 bridgehead atoms. The van der Waals surface area contributed by atoms with Crippen molar-refractivity contribution in [3.8, 4) is 0 Å². The van der Waals surface area contributed by atoms with Gasteiger partial charge in [0.05, 0.1) is 8.74 Å². The number of rotatable bonds is 8. The van der Waals surface area contributed by atoms with Crippen LogP contribution in [0.3, 0.4) is 0 Å². The van der Waals surface area contributed by atoms with Crippen molar-refractivity contribution in [2.75, 3.05) is 5.75 Å². The average Bonchev–Trinajstić information content (AvgIpc) is 2.50. The van der Waals surface area contributed by atoms with Crippen LogP contribution in [-0.4, -0.2) is 27.9 Å². The van der Waals surface area contributed by atoms with E-state index in [2.05, 4.69) is 0 Å². The Kier molecular flexibility index (Phi) is 7.00. The van der Waals surface area contributed by atoms with Crippen molar-refractivity contribution in [3.05, 3.63) is 43.0 Å². The highest BCUT2D eigenvalue weighted by atomic mass is 32.3. The summed E-state index contributed by atoms with van der Waals surface area (Å²) in [5.41, 5.74) is 0.569. The van der Waals surface area contributed by atoms with Crippen molar-refractivity contribution in [1.82, 2.24) is 3.82 Å². The van der Waals surface area contributed by atoms with Gasteiger partial charge in [-0.3, -0.25) is 10.1 Å². The number of nitro benzene ring substituents is 1. The van der Waals surface area contributed by atoms with E-state index in [0.29, 0.717) is 23.1 Å². The number of nitrogens with zero attached hydrogens (tertiary/aromatic N) is 3. The summed E-state index contributed by atoms with van der Waals surface area (Å²) < 4.78 is 25.8. The van der Waals surface area contributed by atoms with Crippen LogP contribution in [-0.2, 0) is 10.0 Å². The number of hydrogen-bond donors (Lipinski definition) is 0. The lowest BCUT2D eigenvalue weighted by Gasteiger charge is -2.21. The average molecular weight is 405 g/mol. The molecule has 0 spiro atoms. The van der Waals surface area contributed by atoms with Crippen LogP contribution in [0.5, 0.6) is 0 Å². The van der Waals surface area contributed by atoms with Crippen LogP contribution in [0.15, 0.2) is 11.0 Å². The van der Waals surface area contributed by atoms with E-state index in [4.69, 9.17) is 0 Å². The molecule has 11 heteroatoms. The maximum atomic E-state index is 12.9. The molecule has 9 nitrogen and oxygen atoms in total. The van der Waals surface area contributed by atoms with E-state index < -0.39 is 24.9 Å². The van der Waals surface area contributed by atoms with Gasteiger partial charge in [-0.25, -0.2) is 10.1 Å². The fourth-order valence-corrected chi connectivity index (χ4v) is 5.30. The molecule has 0 amide bonds. The summed E-state index contributed by atoms with van der Waals surface area (Å²) in [7, 11) is -4.55. The molecule has 1 rings (SSSR count). The number of benzene rings is 1. The van der Waals surface area contributed by atoms with Gasteiger partial charge in [0.1, 0.15) is 4.90 Å². The highest BCUT2D eigenvalue weighted by Gasteiger charge is 2.39. The van der Waals surface area contributed by atoms with Crippen molar-refractivity contribution in [2.24, 2.45) is 0 Å². The molecule has 0 aliphatic heterocycles. The monoisotopic (exact) mass is 405 g/mol. The molecule has 1 aromatic rings. The van der Waals surface area contributed by atoms with Crippen molar-refractivity contribution >= 4 is 27.7 Å². The topological polar surface area (TPSA) is 124 Å². The number of hydrazine groups is 1. The zero-order valence-corrected chi connectivity index (χ0v) is 17.2. The molecule has 0 heterocycles. The third kappa shape index (κ3) is 4.09. The summed E-state index contributed by atoms with van der Waals surface area (Å²) in [5.74, 6) is -0.244. The summed E-state index contributed by atoms with van der Waals surface area (Å²) >= 11 is 0.510. The zero-order valence-electron chi connectivity index (χ0n) is 15.5. The van der Waals surface area contributed by atoms with E-state index >= 15 is 0 Å². The molecular formula is C15H23N3O6S2. The quantitative estimate of drug-likeness (QED) is 0.364. The first-order valence-corrected chi connectivity index (χ1v) is 10.4. The first-order valence-electron chi connectivity index (χ1n) is 8.02. The van der Waals surface area contributed by atoms with Gasteiger partial charge >= 0.3 is 10.0 Å². The second kappa shape index (κ2) is 8.21. The summed E-state index contributed by atoms with van der Waals surface area (Å²) in [6.07, 6.45) is 0. The van der Waals surface area contributed by atoms with Crippen LogP contribution in [0.1, 0.15) is 63.1 Å². The predicted octanol–water partition coefficient (Wildman–Crippen LogP) is 4.00. The normalized spacial score (nSPS) is 11.8. The van der Waals surface area contributed by atoms with Crippen molar-refractivity contribution in [1.29, 1.82) is 0 Å². The standard InChI is InChI=1S/C15H23N3O6S2/c1-7-25-18(17(21)22)26(23,24)13-8-12(9(2)3)14(10(4)5)15(11(13)6)16(19)20/h8-10H,7H2,1-6H3. The highest BCUT2D eigenvalue weighted by molar-refractivity contribution is 8.08. The Balaban J connectivity index is 3.95. The summed E-state index contributed by atoms with van der Waals surface area (Å²) in [4.78, 5) is 21.9. The Morgan fingerprint density at radius 3 is 2.04 bits per heavy atom. The molecule has 0 aliphatic rings. The highest BCUT2D eigenvalue weighted by Crippen LogP contribution is 2.41. The van der Waals surface area contributed by atoms with Gasteiger partial charge in [0.2, 0.25) is 0 Å². The molecule has 0 unspecified atom stereocenters. The van der Waals surface area contributed by atoms with Crippen LogP contribution < -0.4 is 0 Å². The van der Waals surface area contributed by atoms with E-state index in [0.717, 1.165) is 0 Å². The number of sulfonamides is 1. The Morgan fingerprint density at radius 2 is 1.69 bits per heavy atom. The van der Waals surface area contributed by atoms with Gasteiger partial charge in [0.15, 0.2) is 5.03 Å². The Morgan fingerprint density at radius 1 is 1.15 bits per heavy atom. The Bertz CT molecular complexity index is 821. The third-order valence-electron chi connectivity index (χ3n) is 3.82. The molecule has 0 aliphatic carbocycles. The minimum Gasteiger partial charge on any atom is -0.258 e. The molecular weight excluding hydrogens is 382 g/mol. The summed E-state index contributed by atoms with van der Waals surface area (Å²) in [5, 5.41) is 21.9. The Labute approximate surface area is 157 Å². The molecule has 0 fully saturated rings. The predicted molar refractivity (Wildman–Crippen MR) is 100 cm³/mol. The molecule has 0 N–H and O–H groups in total. The first-order chi connectivity index (χ1) is 11.9. The summed E-state index contributed by atoms with van der Waals surface area (Å²) in [6.45, 7) is 10.1. The fraction of sp³-hybridized carbons (Fsp3) is 0.600. The van der Waals surface area contributed by atoms with Crippen molar-refractivity contribution < 1.29 is 18.4 Å². The van der Waals surface area contributed by atoms with Gasteiger partial charge in [-0.15, -0.1) is 0 Å². The lowest BCUT2D eigenvalue weighted by molar-refractivity contribution is -0.584. The number of nitro groups is 2. The second-order valence-corrected chi connectivity index (χ2v) is 9.43. The SMILES string of the molecule is CCSN([N+](=O)[O-])S(=O)(=O)c1cc(C(C)C)c(C(C)C)c([N+](=O)[O-])c1C. The van der Waals surface area contributed by atoms with Crippen LogP contribution in [0, 0.1) is 27.2 Å². The van der Waals surface area contributed by atoms with Gasteiger partial charge in [-0.1, -0.05) is 34.6 Å². The lowest BCUT2D eigenvalue weighted by atomic mass is 9.87. The van der Waals surface area contributed by atoms with Crippen molar-refractivity contribution in [3.63, 3.8) is 0 Å². The van der Waals surface area contributed by atoms with Gasteiger partial charge in [-0.2, -0.15) is 8.42 Å². The van der Waals surface area contributed by atoms with Gasteiger partial charge in [-0.05, 0) is 30.4 Å². The zero-order chi connectivity index (χ0) is 20.4. The van der Waals surface area contributed by atoms with E-state index in [1.165, 1.54) is 13.0 Å². The molecule has 0 saturated carbocycles. The minimum atomic E-state index is -4.55. The van der Waals surface area contributed by atoms with Crippen LogP contribution >= 0.6 is 11.9 Å². The molecule has 26 heavy (non-hydrogen) atoms. The third-order valence-corrected chi connectivity index (χ3v) is 6.86. The smallest absolute Gasteiger partial charge is 0.258 e. The maximum Gasteiger partial charge on any atom is 0.325 e. The fourth-order valence-electron chi connectivity index (χ4n) is 2.77. The molecule has 0 saturated heterocycles. The molecule has 0 radical (unpaired) electrons. The molecule has 1 aromatic carbocycles. The van der Waals surface area contributed by atoms with E-state index in [9.17, 15) is 28.6 Å². The Hall–Kier alpha value is -1.88. The summed E-state index contributed by atoms with van der Waals surface area (Å²) in [6, 6.07) is 1.34. The molecule has 0 atom stereocenters. The molecule has 146 valence electrons. The van der Waals surface area contributed by atoms with E-state index in [-0.39, 0.29) is 32.7 Å². The second-order valence-electron chi connectivity index (χ2n) is 6.29. The maximum absolute atomic E-state index is 12.9. The number of hydrogen-bond acceptors (Lipinski definition) is 7. The van der Waals surface area contributed by atoms with Crippen LogP contribution in [0.25, 0.3) is 0 Å². The van der Waals surface area contributed by atoms with Crippen molar-refractivity contribution in [2.45, 2.75) is 58.3 Å². The van der Waals surface area contributed by atoms with Gasteiger partial charge in [0.25, 0.3) is 5.69 Å². The lowest BCUT2D eigenvalue weighted by Crippen LogP contribution is -2.31.